The Balaban J connectivity index is 2.24. The summed E-state index contributed by atoms with van der Waals surface area (Å²) >= 11 is 6.92. The molecule has 0 aromatic carbocycles. The van der Waals surface area contributed by atoms with Crippen LogP contribution in [0.2, 0.25) is 0 Å². The predicted molar refractivity (Wildman–Crippen MR) is 84.4 cm³/mol. The molecule has 1 aliphatic carbocycles. The van der Waals surface area contributed by atoms with Gasteiger partial charge in [0.05, 0.1) is 10.9 Å². The first-order valence-electron chi connectivity index (χ1n) is 6.96. The Morgan fingerprint density at radius 3 is 2.57 bits per heavy atom. The minimum absolute atomic E-state index is 0.283. The minimum Gasteiger partial charge on any atom is -0.456 e. The number of ether oxygens (including phenoxy) is 2. The second-order valence-corrected chi connectivity index (χ2v) is 6.24. The van der Waals surface area contributed by atoms with Crippen molar-refractivity contribution in [2.45, 2.75) is 32.1 Å². The summed E-state index contributed by atoms with van der Waals surface area (Å²) in [4.78, 5) is 35.4. The molecule has 1 aromatic heterocycles. The summed E-state index contributed by atoms with van der Waals surface area (Å²) in [5.74, 6) is -0.723. The number of thiophene rings is 1. The monoisotopic (exact) mass is 360 g/mol. The number of urea groups is 1. The average Bonchev–Trinajstić information content (AvgIpc) is 3.02. The molecule has 1 heterocycles. The topological polar surface area (TPSA) is 93.7 Å². The van der Waals surface area contributed by atoms with E-state index in [1.165, 1.54) is 25.2 Å². The Hall–Kier alpha value is -1.80. The number of rotatable bonds is 5. The van der Waals surface area contributed by atoms with E-state index in [1.54, 1.807) is 0 Å². The standard InChI is InChI=1S/C14H17ClN2O5S/c1-7(18)21-11-10(17-14(20)16-5-4-15)9-3-6-23-13(9)12(11)22-8(2)19/h3,6,10-12H,4-5H2,1-2H3,(H2,16,17,20). The van der Waals surface area contributed by atoms with Crippen molar-refractivity contribution in [3.05, 3.63) is 21.9 Å². The number of alkyl halides is 1. The maximum atomic E-state index is 11.9. The van der Waals surface area contributed by atoms with Crippen LogP contribution in [-0.2, 0) is 19.1 Å². The molecule has 0 fully saturated rings. The van der Waals surface area contributed by atoms with Crippen LogP contribution in [0.4, 0.5) is 4.79 Å². The van der Waals surface area contributed by atoms with Crippen molar-refractivity contribution >= 4 is 40.9 Å². The zero-order valence-corrected chi connectivity index (χ0v) is 14.2. The Morgan fingerprint density at radius 2 is 1.96 bits per heavy atom. The van der Waals surface area contributed by atoms with Crippen LogP contribution < -0.4 is 10.6 Å². The highest BCUT2D eigenvalue weighted by atomic mass is 35.5. The molecule has 0 radical (unpaired) electrons. The summed E-state index contributed by atoms with van der Waals surface area (Å²) in [7, 11) is 0. The van der Waals surface area contributed by atoms with E-state index in [-0.39, 0.29) is 5.88 Å². The first kappa shape index (κ1) is 17.6. The van der Waals surface area contributed by atoms with Crippen LogP contribution in [0, 0.1) is 0 Å². The molecule has 3 atom stereocenters. The van der Waals surface area contributed by atoms with Gasteiger partial charge in [-0.1, -0.05) is 0 Å². The lowest BCUT2D eigenvalue weighted by atomic mass is 10.1. The van der Waals surface area contributed by atoms with Gasteiger partial charge in [-0.05, 0) is 17.0 Å². The second kappa shape index (κ2) is 7.65. The van der Waals surface area contributed by atoms with E-state index in [0.717, 1.165) is 10.4 Å². The highest BCUT2D eigenvalue weighted by Crippen LogP contribution is 2.46. The smallest absolute Gasteiger partial charge is 0.315 e. The van der Waals surface area contributed by atoms with Crippen molar-refractivity contribution in [2.24, 2.45) is 0 Å². The molecule has 1 aromatic rings. The molecule has 0 saturated heterocycles. The van der Waals surface area contributed by atoms with Crippen LogP contribution in [0.15, 0.2) is 11.4 Å². The molecule has 23 heavy (non-hydrogen) atoms. The molecule has 126 valence electrons. The number of nitrogens with one attached hydrogen (secondary N) is 2. The van der Waals surface area contributed by atoms with Crippen LogP contribution in [-0.4, -0.2) is 36.5 Å². The summed E-state index contributed by atoms with van der Waals surface area (Å²) in [6.45, 7) is 2.86. The Morgan fingerprint density at radius 1 is 1.26 bits per heavy atom. The number of carbonyl (C=O) groups excluding carboxylic acids is 3. The summed E-state index contributed by atoms with van der Waals surface area (Å²) in [5.41, 5.74) is 0.772. The third-order valence-corrected chi connectivity index (χ3v) is 4.39. The van der Waals surface area contributed by atoms with Gasteiger partial charge in [-0.15, -0.1) is 22.9 Å². The lowest BCUT2D eigenvalue weighted by Crippen LogP contribution is -2.43. The third-order valence-electron chi connectivity index (χ3n) is 3.21. The molecule has 0 aliphatic heterocycles. The van der Waals surface area contributed by atoms with Crippen LogP contribution in [0.25, 0.3) is 0 Å². The van der Waals surface area contributed by atoms with Gasteiger partial charge in [-0.2, -0.15) is 0 Å². The van der Waals surface area contributed by atoms with E-state index < -0.39 is 36.2 Å². The van der Waals surface area contributed by atoms with Crippen LogP contribution >= 0.6 is 22.9 Å². The zero-order valence-electron chi connectivity index (χ0n) is 12.6. The minimum atomic E-state index is -0.805. The average molecular weight is 361 g/mol. The second-order valence-electron chi connectivity index (χ2n) is 4.91. The molecule has 2 amide bonds. The van der Waals surface area contributed by atoms with E-state index in [1.807, 2.05) is 11.4 Å². The first-order valence-corrected chi connectivity index (χ1v) is 8.37. The fourth-order valence-electron chi connectivity index (χ4n) is 2.45. The van der Waals surface area contributed by atoms with Crippen molar-refractivity contribution in [3.8, 4) is 0 Å². The summed E-state index contributed by atoms with van der Waals surface area (Å²) < 4.78 is 10.6. The van der Waals surface area contributed by atoms with Gasteiger partial charge in [-0.3, -0.25) is 9.59 Å². The van der Waals surface area contributed by atoms with Crippen molar-refractivity contribution in [3.63, 3.8) is 0 Å². The normalized spacial score (nSPS) is 22.1. The molecule has 2 rings (SSSR count). The molecule has 0 bridgehead atoms. The number of halogens is 1. The highest BCUT2D eigenvalue weighted by Gasteiger charge is 2.47. The number of fused-ring (bicyclic) bond motifs is 1. The number of hydrogen-bond donors (Lipinski definition) is 2. The van der Waals surface area contributed by atoms with Crippen LogP contribution in [0.1, 0.15) is 36.4 Å². The largest absolute Gasteiger partial charge is 0.456 e. The summed E-state index contributed by atoms with van der Waals surface area (Å²) in [6.07, 6.45) is -1.54. The molecule has 3 unspecified atom stereocenters. The van der Waals surface area contributed by atoms with Gasteiger partial charge in [0, 0.05) is 26.3 Å². The highest BCUT2D eigenvalue weighted by molar-refractivity contribution is 7.10. The molecule has 2 N–H and O–H groups in total. The van der Waals surface area contributed by atoms with Gasteiger partial charge in [-0.25, -0.2) is 4.79 Å². The molecular weight excluding hydrogens is 344 g/mol. The summed E-state index contributed by atoms with van der Waals surface area (Å²) in [5, 5.41) is 7.16. The van der Waals surface area contributed by atoms with E-state index in [2.05, 4.69) is 10.6 Å². The number of hydrogen-bond acceptors (Lipinski definition) is 6. The number of carbonyl (C=O) groups is 3. The Labute approximate surface area is 142 Å². The summed E-state index contributed by atoms with van der Waals surface area (Å²) in [6, 6.07) is 0.778. The van der Waals surface area contributed by atoms with Gasteiger partial charge in [0.25, 0.3) is 0 Å². The van der Waals surface area contributed by atoms with Crippen molar-refractivity contribution in [1.82, 2.24) is 10.6 Å². The fraction of sp³-hybridized carbons (Fsp3) is 0.500. The molecule has 1 aliphatic rings. The molecule has 9 heteroatoms. The van der Waals surface area contributed by atoms with Gasteiger partial charge in [0.1, 0.15) is 0 Å². The SMILES string of the molecule is CC(=O)OC1c2sccc2C(NC(=O)NCCCl)C1OC(C)=O. The van der Waals surface area contributed by atoms with Crippen molar-refractivity contribution in [1.29, 1.82) is 0 Å². The van der Waals surface area contributed by atoms with E-state index in [9.17, 15) is 14.4 Å². The quantitative estimate of drug-likeness (QED) is 0.617. The lowest BCUT2D eigenvalue weighted by molar-refractivity contribution is -0.166. The van der Waals surface area contributed by atoms with Crippen molar-refractivity contribution < 1.29 is 23.9 Å². The molecular formula is C14H17ClN2O5S. The van der Waals surface area contributed by atoms with Crippen molar-refractivity contribution in [2.75, 3.05) is 12.4 Å². The maximum absolute atomic E-state index is 11.9. The van der Waals surface area contributed by atoms with Gasteiger partial charge < -0.3 is 20.1 Å². The van der Waals surface area contributed by atoms with Gasteiger partial charge >= 0.3 is 18.0 Å². The van der Waals surface area contributed by atoms with E-state index in [4.69, 9.17) is 21.1 Å². The van der Waals surface area contributed by atoms with E-state index >= 15 is 0 Å². The van der Waals surface area contributed by atoms with Crippen LogP contribution in [0.3, 0.4) is 0 Å². The van der Waals surface area contributed by atoms with Gasteiger partial charge in [0.15, 0.2) is 12.2 Å². The maximum Gasteiger partial charge on any atom is 0.315 e. The Kier molecular flexibility index (Phi) is 5.84. The number of amides is 2. The fourth-order valence-corrected chi connectivity index (χ4v) is 3.56. The lowest BCUT2D eigenvalue weighted by Gasteiger charge is -2.25. The predicted octanol–water partition coefficient (Wildman–Crippen LogP) is 1.88. The molecule has 0 spiro atoms. The number of esters is 2. The van der Waals surface area contributed by atoms with Gasteiger partial charge in [0.2, 0.25) is 0 Å². The molecule has 7 nitrogen and oxygen atoms in total. The van der Waals surface area contributed by atoms with E-state index in [0.29, 0.717) is 6.54 Å². The zero-order chi connectivity index (χ0) is 17.0. The Bertz CT molecular complexity index is 606. The first-order chi connectivity index (χ1) is 10.9. The molecule has 0 saturated carbocycles. The third kappa shape index (κ3) is 4.14. The van der Waals surface area contributed by atoms with Crippen LogP contribution in [0.5, 0.6) is 0 Å².